The van der Waals surface area contributed by atoms with E-state index in [1.807, 2.05) is 4.98 Å². The number of benzene rings is 1. The molecule has 1 fully saturated rings. The Hall–Kier alpha value is -2.25. The Morgan fingerprint density at radius 2 is 2.06 bits per heavy atom. The highest BCUT2D eigenvalue weighted by molar-refractivity contribution is 7.52. The van der Waals surface area contributed by atoms with Gasteiger partial charge in [-0.25, -0.2) is 13.8 Å². The number of aliphatic hydroxyl groups is 1. The first-order chi connectivity index (χ1) is 16.8. The average molecular weight is 570 g/mol. The molecule has 0 saturated carbocycles. The van der Waals surface area contributed by atoms with Gasteiger partial charge in [-0.3, -0.25) is 23.7 Å². The van der Waals surface area contributed by atoms with E-state index in [-0.39, 0.29) is 15.8 Å². The molecule has 1 aliphatic rings. The minimum absolute atomic E-state index is 0.0433. The maximum atomic E-state index is 15.4. The molecular formula is C20H23Cl2FN3O9P. The topological polar surface area (TPSA) is 158 Å². The largest absolute Gasteiger partial charge is 0.468 e. The quantitative estimate of drug-likeness (QED) is 0.302. The molecule has 1 aromatic carbocycles. The van der Waals surface area contributed by atoms with Crippen molar-refractivity contribution in [2.45, 2.75) is 44.0 Å². The Labute approximate surface area is 213 Å². The molecule has 3 rings (SSSR count). The normalized spacial score (nSPS) is 26.2. The molecule has 1 unspecified atom stereocenters. The van der Waals surface area contributed by atoms with Gasteiger partial charge < -0.3 is 19.1 Å². The second kappa shape index (κ2) is 11.0. The summed E-state index contributed by atoms with van der Waals surface area (Å²) in [5.74, 6) is -0.833. The molecule has 6 atom stereocenters. The first-order valence-electron chi connectivity index (χ1n) is 10.4. The third-order valence-corrected chi connectivity index (χ3v) is 7.64. The van der Waals surface area contributed by atoms with Crippen LogP contribution < -0.4 is 20.9 Å². The highest BCUT2D eigenvalue weighted by atomic mass is 35.5. The molecular weight excluding hydrogens is 547 g/mol. The summed E-state index contributed by atoms with van der Waals surface area (Å²) in [4.78, 5) is 37.3. The number of halogens is 3. The SMILES string of the molecule is COC(=O)[C@H](C)NP(=O)(OC[C@H]1O[C@@H](n2ccc(=O)[nH]c2=O)[C@](C)(F)[C@@H]1O)Oc1ccc(Cl)c(Cl)c1. The predicted molar refractivity (Wildman–Crippen MR) is 126 cm³/mol. The van der Waals surface area contributed by atoms with Crippen LogP contribution in [0.15, 0.2) is 40.1 Å². The standard InChI is InChI=1S/C20H23Cl2FN3O9P/c1-10(17(29)32-3)25-36(31,35-11-4-5-12(21)13(22)8-11)33-9-14-16(28)20(2,23)18(34-14)26-7-6-15(27)24-19(26)30/h4-8,10,14,16,18,28H,9H2,1-3H3,(H,25,31)(H,24,27,30)/t10-,14+,16+,18+,20+,36?/m0/s1. The number of nitrogens with zero attached hydrogens (tertiary/aromatic N) is 1. The molecule has 0 amide bonds. The molecule has 0 spiro atoms. The summed E-state index contributed by atoms with van der Waals surface area (Å²) in [7, 11) is -3.29. The molecule has 2 aromatic rings. The lowest BCUT2D eigenvalue weighted by Gasteiger charge is -2.25. The van der Waals surface area contributed by atoms with Crippen molar-refractivity contribution in [1.29, 1.82) is 0 Å². The number of rotatable bonds is 9. The fourth-order valence-electron chi connectivity index (χ4n) is 3.36. The second-order valence-corrected chi connectivity index (χ2v) is 10.5. The Balaban J connectivity index is 1.83. The number of aromatic amines is 1. The van der Waals surface area contributed by atoms with Crippen LogP contribution in [0.3, 0.4) is 0 Å². The minimum atomic E-state index is -4.41. The number of hydrogen-bond acceptors (Lipinski definition) is 9. The zero-order valence-corrected chi connectivity index (χ0v) is 21.6. The van der Waals surface area contributed by atoms with E-state index in [4.69, 9.17) is 37.0 Å². The molecule has 1 saturated heterocycles. The highest BCUT2D eigenvalue weighted by Crippen LogP contribution is 2.48. The lowest BCUT2D eigenvalue weighted by atomic mass is 9.98. The zero-order valence-electron chi connectivity index (χ0n) is 19.1. The maximum absolute atomic E-state index is 15.4. The molecule has 16 heteroatoms. The molecule has 0 radical (unpaired) electrons. The van der Waals surface area contributed by atoms with E-state index in [0.717, 1.165) is 30.9 Å². The van der Waals surface area contributed by atoms with E-state index in [1.54, 1.807) is 0 Å². The number of nitrogens with one attached hydrogen (secondary N) is 2. The summed E-state index contributed by atoms with van der Waals surface area (Å²) in [6, 6.07) is 3.78. The molecule has 3 N–H and O–H groups in total. The number of esters is 1. The van der Waals surface area contributed by atoms with Crippen LogP contribution in [0, 0.1) is 0 Å². The number of ether oxygens (including phenoxy) is 2. The van der Waals surface area contributed by atoms with E-state index in [2.05, 4.69) is 9.82 Å². The molecule has 0 aliphatic carbocycles. The number of carbonyl (C=O) groups is 1. The molecule has 12 nitrogen and oxygen atoms in total. The number of H-pyrrole nitrogens is 1. The van der Waals surface area contributed by atoms with Gasteiger partial charge in [0, 0.05) is 18.3 Å². The van der Waals surface area contributed by atoms with E-state index < -0.39 is 61.7 Å². The van der Waals surface area contributed by atoms with Crippen LogP contribution in [0.2, 0.25) is 10.0 Å². The molecule has 2 heterocycles. The van der Waals surface area contributed by atoms with Crippen molar-refractivity contribution in [2.75, 3.05) is 13.7 Å². The van der Waals surface area contributed by atoms with Gasteiger partial charge in [0.25, 0.3) is 5.56 Å². The summed E-state index contributed by atoms with van der Waals surface area (Å²) >= 11 is 11.8. The predicted octanol–water partition coefficient (Wildman–Crippen LogP) is 2.18. The van der Waals surface area contributed by atoms with Crippen molar-refractivity contribution in [3.8, 4) is 5.75 Å². The van der Waals surface area contributed by atoms with Crippen LogP contribution >= 0.6 is 30.9 Å². The number of carbonyl (C=O) groups excluding carboxylic acids is 1. The summed E-state index contributed by atoms with van der Waals surface area (Å²) in [6.45, 7) is 1.62. The van der Waals surface area contributed by atoms with Gasteiger partial charge >= 0.3 is 19.4 Å². The number of hydrogen-bond donors (Lipinski definition) is 3. The van der Waals surface area contributed by atoms with Crippen LogP contribution in [0.25, 0.3) is 0 Å². The third-order valence-electron chi connectivity index (χ3n) is 5.25. The van der Waals surface area contributed by atoms with E-state index >= 15 is 4.39 Å². The lowest BCUT2D eigenvalue weighted by Crippen LogP contribution is -2.43. The van der Waals surface area contributed by atoms with Crippen LogP contribution in [0.5, 0.6) is 5.75 Å². The Morgan fingerprint density at radius 3 is 2.67 bits per heavy atom. The summed E-state index contributed by atoms with van der Waals surface area (Å²) in [5.41, 5.74) is -4.19. The van der Waals surface area contributed by atoms with E-state index in [9.17, 15) is 24.1 Å². The fourth-order valence-corrected chi connectivity index (χ4v) is 5.15. The van der Waals surface area contributed by atoms with Crippen molar-refractivity contribution in [1.82, 2.24) is 14.6 Å². The average Bonchev–Trinajstić information content (AvgIpc) is 3.03. The number of aromatic nitrogens is 2. The van der Waals surface area contributed by atoms with Gasteiger partial charge in [-0.05, 0) is 26.0 Å². The Morgan fingerprint density at radius 1 is 1.36 bits per heavy atom. The third kappa shape index (κ3) is 6.17. The summed E-state index contributed by atoms with van der Waals surface area (Å²) in [6.07, 6.45) is -3.93. The van der Waals surface area contributed by atoms with Gasteiger partial charge in [0.1, 0.15) is 24.0 Å². The van der Waals surface area contributed by atoms with E-state index in [0.29, 0.717) is 0 Å². The molecule has 1 aliphatic heterocycles. The van der Waals surface area contributed by atoms with Crippen LogP contribution in [0.1, 0.15) is 20.1 Å². The monoisotopic (exact) mass is 569 g/mol. The van der Waals surface area contributed by atoms with E-state index in [1.165, 1.54) is 25.1 Å². The van der Waals surface area contributed by atoms with Crippen molar-refractivity contribution in [3.05, 3.63) is 61.3 Å². The van der Waals surface area contributed by atoms with Gasteiger partial charge in [-0.2, -0.15) is 5.09 Å². The number of alkyl halides is 1. The van der Waals surface area contributed by atoms with Gasteiger partial charge in [0.15, 0.2) is 11.9 Å². The first-order valence-corrected chi connectivity index (χ1v) is 12.7. The minimum Gasteiger partial charge on any atom is -0.468 e. The van der Waals surface area contributed by atoms with Crippen LogP contribution in [-0.2, 0) is 23.4 Å². The van der Waals surface area contributed by atoms with Gasteiger partial charge in [0.2, 0.25) is 0 Å². The van der Waals surface area contributed by atoms with Gasteiger partial charge in [0.05, 0.1) is 23.8 Å². The first kappa shape index (κ1) is 28.3. The molecule has 0 bridgehead atoms. The second-order valence-electron chi connectivity index (χ2n) is 7.97. The van der Waals surface area contributed by atoms with Crippen molar-refractivity contribution >= 4 is 36.9 Å². The smallest absolute Gasteiger partial charge is 0.459 e. The van der Waals surface area contributed by atoms with Crippen LogP contribution in [-0.4, -0.2) is 58.3 Å². The molecule has 36 heavy (non-hydrogen) atoms. The highest BCUT2D eigenvalue weighted by Gasteiger charge is 2.55. The molecule has 1 aromatic heterocycles. The fraction of sp³-hybridized carbons (Fsp3) is 0.450. The lowest BCUT2D eigenvalue weighted by molar-refractivity contribution is -0.142. The number of aliphatic hydroxyl groups excluding tert-OH is 1. The van der Waals surface area contributed by atoms with Crippen molar-refractivity contribution in [2.24, 2.45) is 0 Å². The Bertz CT molecular complexity index is 1290. The van der Waals surface area contributed by atoms with Crippen molar-refractivity contribution in [3.63, 3.8) is 0 Å². The van der Waals surface area contributed by atoms with Gasteiger partial charge in [-0.15, -0.1) is 0 Å². The van der Waals surface area contributed by atoms with Crippen LogP contribution in [0.4, 0.5) is 4.39 Å². The van der Waals surface area contributed by atoms with Crippen molar-refractivity contribution < 1.29 is 37.4 Å². The molecule has 198 valence electrons. The Kier molecular flexibility index (Phi) is 8.67. The number of methoxy groups -OCH3 is 1. The zero-order chi connectivity index (χ0) is 26.8. The maximum Gasteiger partial charge on any atom is 0.459 e. The summed E-state index contributed by atoms with van der Waals surface area (Å²) in [5, 5.41) is 13.2. The summed E-state index contributed by atoms with van der Waals surface area (Å²) < 4.78 is 50.6. The van der Waals surface area contributed by atoms with Gasteiger partial charge in [-0.1, -0.05) is 23.2 Å².